The van der Waals surface area contributed by atoms with Crippen molar-refractivity contribution in [2.24, 2.45) is 5.92 Å². The Morgan fingerprint density at radius 3 is 2.67 bits per heavy atom. The molecule has 2 rings (SSSR count). The molecule has 2 nitrogen and oxygen atoms in total. The summed E-state index contributed by atoms with van der Waals surface area (Å²) in [7, 11) is 0. The van der Waals surface area contributed by atoms with Gasteiger partial charge in [-0.15, -0.1) is 11.3 Å². The van der Waals surface area contributed by atoms with Crippen LogP contribution in [0.4, 0.5) is 4.39 Å². The van der Waals surface area contributed by atoms with Crippen molar-refractivity contribution in [2.45, 2.75) is 20.4 Å². The van der Waals surface area contributed by atoms with Crippen molar-refractivity contribution >= 4 is 17.1 Å². The second-order valence-electron chi connectivity index (χ2n) is 5.15. The van der Waals surface area contributed by atoms with Gasteiger partial charge in [0, 0.05) is 23.9 Å². The van der Waals surface area contributed by atoms with E-state index in [-0.39, 0.29) is 17.3 Å². The Bertz CT molecular complexity index is 582. The Balaban J connectivity index is 2.00. The average Bonchev–Trinajstić information content (AvgIpc) is 2.99. The Kier molecular flexibility index (Phi) is 5.65. The molecule has 21 heavy (non-hydrogen) atoms. The fraction of sp³-hybridized carbons (Fsp3) is 0.353. The molecule has 0 spiro atoms. The van der Waals surface area contributed by atoms with Crippen LogP contribution in [-0.4, -0.2) is 23.8 Å². The van der Waals surface area contributed by atoms with Crippen molar-refractivity contribution in [3.63, 3.8) is 0 Å². The fourth-order valence-corrected chi connectivity index (χ4v) is 3.07. The molecule has 0 saturated heterocycles. The van der Waals surface area contributed by atoms with Crippen LogP contribution in [0, 0.1) is 11.7 Å². The lowest BCUT2D eigenvalue weighted by molar-refractivity contribution is 0.0889. The molecule has 0 fully saturated rings. The Hall–Kier alpha value is -1.52. The van der Waals surface area contributed by atoms with Gasteiger partial charge in [-0.05, 0) is 30.1 Å². The normalized spacial score (nSPS) is 12.6. The van der Waals surface area contributed by atoms with Crippen LogP contribution in [0.25, 0.3) is 0 Å². The van der Waals surface area contributed by atoms with E-state index >= 15 is 0 Å². The number of benzene rings is 1. The van der Waals surface area contributed by atoms with E-state index in [2.05, 4.69) is 23.3 Å². The fourth-order valence-electron chi connectivity index (χ4n) is 2.33. The number of carbonyl (C=O) groups is 1. The van der Waals surface area contributed by atoms with E-state index in [1.54, 1.807) is 29.5 Å². The molecular formula is C17H20FNOS. The van der Waals surface area contributed by atoms with Crippen LogP contribution < -0.4 is 0 Å². The van der Waals surface area contributed by atoms with Crippen molar-refractivity contribution in [1.82, 2.24) is 4.90 Å². The number of hydrogen-bond donors (Lipinski definition) is 0. The minimum absolute atomic E-state index is 0.127. The first kappa shape index (κ1) is 15.9. The van der Waals surface area contributed by atoms with Crippen LogP contribution in [0.5, 0.6) is 0 Å². The zero-order valence-electron chi connectivity index (χ0n) is 12.4. The molecule has 2 aromatic rings. The number of thiophene rings is 1. The molecule has 0 aliphatic rings. The number of hydrogen-bond acceptors (Lipinski definition) is 3. The van der Waals surface area contributed by atoms with Crippen LogP contribution in [0.2, 0.25) is 0 Å². The summed E-state index contributed by atoms with van der Waals surface area (Å²) in [6, 6.07) is 10.3. The Morgan fingerprint density at radius 1 is 1.29 bits per heavy atom. The summed E-state index contributed by atoms with van der Waals surface area (Å²) >= 11 is 1.71. The molecule has 0 aliphatic heterocycles. The largest absolute Gasteiger partial charge is 0.298 e. The third kappa shape index (κ3) is 4.22. The standard InChI is InChI=1S/C17H20FNOS/c1-3-19(12-14-7-6-10-21-14)11-13(2)17(20)15-8-4-5-9-16(15)18/h4-10,13H,3,11-12H2,1-2H3. The van der Waals surface area contributed by atoms with Gasteiger partial charge in [-0.25, -0.2) is 4.39 Å². The summed E-state index contributed by atoms with van der Waals surface area (Å²) in [6.07, 6.45) is 0. The highest BCUT2D eigenvalue weighted by Crippen LogP contribution is 2.16. The topological polar surface area (TPSA) is 20.3 Å². The first-order chi connectivity index (χ1) is 10.1. The molecule has 0 N–H and O–H groups in total. The van der Waals surface area contributed by atoms with E-state index in [1.165, 1.54) is 10.9 Å². The summed E-state index contributed by atoms with van der Waals surface area (Å²) in [4.78, 5) is 15.9. The second-order valence-corrected chi connectivity index (χ2v) is 6.18. The van der Waals surface area contributed by atoms with Crippen LogP contribution in [0.15, 0.2) is 41.8 Å². The monoisotopic (exact) mass is 305 g/mol. The third-order valence-corrected chi connectivity index (χ3v) is 4.39. The van der Waals surface area contributed by atoms with E-state index in [0.29, 0.717) is 6.54 Å². The lowest BCUT2D eigenvalue weighted by atomic mass is 9.98. The molecular weight excluding hydrogens is 285 g/mol. The molecule has 0 saturated carbocycles. The summed E-state index contributed by atoms with van der Waals surface area (Å²) < 4.78 is 13.7. The van der Waals surface area contributed by atoms with Gasteiger partial charge in [0.2, 0.25) is 0 Å². The summed E-state index contributed by atoms with van der Waals surface area (Å²) in [6.45, 7) is 6.29. The van der Waals surface area contributed by atoms with Gasteiger partial charge in [0.25, 0.3) is 0 Å². The van der Waals surface area contributed by atoms with Crippen LogP contribution >= 0.6 is 11.3 Å². The van der Waals surface area contributed by atoms with Gasteiger partial charge in [-0.3, -0.25) is 9.69 Å². The SMILES string of the molecule is CCN(Cc1cccs1)CC(C)C(=O)c1ccccc1F. The molecule has 1 heterocycles. The van der Waals surface area contributed by atoms with E-state index in [9.17, 15) is 9.18 Å². The van der Waals surface area contributed by atoms with Gasteiger partial charge in [-0.1, -0.05) is 32.0 Å². The van der Waals surface area contributed by atoms with Crippen molar-refractivity contribution in [2.75, 3.05) is 13.1 Å². The number of carbonyl (C=O) groups excluding carboxylic acids is 1. The molecule has 1 aromatic heterocycles. The van der Waals surface area contributed by atoms with Crippen molar-refractivity contribution in [1.29, 1.82) is 0 Å². The predicted molar refractivity (Wildman–Crippen MR) is 85.2 cm³/mol. The van der Waals surface area contributed by atoms with Crippen molar-refractivity contribution in [3.05, 3.63) is 58.0 Å². The quantitative estimate of drug-likeness (QED) is 0.714. The summed E-state index contributed by atoms with van der Waals surface area (Å²) in [5.74, 6) is -0.782. The van der Waals surface area contributed by atoms with Crippen LogP contribution in [0.3, 0.4) is 0 Å². The number of halogens is 1. The van der Waals surface area contributed by atoms with Crippen LogP contribution in [-0.2, 0) is 6.54 Å². The molecule has 1 unspecified atom stereocenters. The van der Waals surface area contributed by atoms with E-state index < -0.39 is 5.82 Å². The molecule has 4 heteroatoms. The smallest absolute Gasteiger partial charge is 0.169 e. The highest BCUT2D eigenvalue weighted by Gasteiger charge is 2.20. The van der Waals surface area contributed by atoms with Gasteiger partial charge in [0.15, 0.2) is 5.78 Å². The summed E-state index contributed by atoms with van der Waals surface area (Å²) in [5.41, 5.74) is 0.192. The zero-order chi connectivity index (χ0) is 15.2. The van der Waals surface area contributed by atoms with Gasteiger partial charge < -0.3 is 0 Å². The van der Waals surface area contributed by atoms with Gasteiger partial charge in [0.05, 0.1) is 5.56 Å². The van der Waals surface area contributed by atoms with Gasteiger partial charge >= 0.3 is 0 Å². The number of ketones is 1. The van der Waals surface area contributed by atoms with E-state index in [1.807, 2.05) is 13.0 Å². The van der Waals surface area contributed by atoms with E-state index in [4.69, 9.17) is 0 Å². The third-order valence-electron chi connectivity index (χ3n) is 3.53. The predicted octanol–water partition coefficient (Wildman–Crippen LogP) is 4.23. The highest BCUT2D eigenvalue weighted by molar-refractivity contribution is 7.09. The first-order valence-electron chi connectivity index (χ1n) is 7.15. The van der Waals surface area contributed by atoms with E-state index in [0.717, 1.165) is 13.1 Å². The number of Topliss-reactive ketones (excluding diaryl/α,β-unsaturated/α-hetero) is 1. The van der Waals surface area contributed by atoms with Crippen LogP contribution in [0.1, 0.15) is 29.1 Å². The minimum Gasteiger partial charge on any atom is -0.298 e. The number of nitrogens with zero attached hydrogens (tertiary/aromatic N) is 1. The number of rotatable bonds is 7. The molecule has 1 atom stereocenters. The first-order valence-corrected chi connectivity index (χ1v) is 8.03. The maximum absolute atomic E-state index is 13.7. The molecule has 0 aliphatic carbocycles. The molecule has 1 aromatic carbocycles. The van der Waals surface area contributed by atoms with Crippen molar-refractivity contribution < 1.29 is 9.18 Å². The van der Waals surface area contributed by atoms with Gasteiger partial charge in [-0.2, -0.15) is 0 Å². The maximum atomic E-state index is 13.7. The second kappa shape index (κ2) is 7.48. The van der Waals surface area contributed by atoms with Gasteiger partial charge in [0.1, 0.15) is 5.82 Å². The maximum Gasteiger partial charge on any atom is 0.169 e. The minimum atomic E-state index is -0.435. The lowest BCUT2D eigenvalue weighted by Crippen LogP contribution is -2.31. The average molecular weight is 305 g/mol. The Morgan fingerprint density at radius 2 is 2.05 bits per heavy atom. The highest BCUT2D eigenvalue weighted by atomic mass is 32.1. The van der Waals surface area contributed by atoms with Crippen molar-refractivity contribution in [3.8, 4) is 0 Å². The molecule has 112 valence electrons. The Labute approximate surface area is 129 Å². The molecule has 0 bridgehead atoms. The summed E-state index contributed by atoms with van der Waals surface area (Å²) in [5, 5.41) is 2.05. The molecule has 0 amide bonds. The zero-order valence-corrected chi connectivity index (χ0v) is 13.2. The lowest BCUT2D eigenvalue weighted by Gasteiger charge is -2.23. The molecule has 0 radical (unpaired) electrons.